The van der Waals surface area contributed by atoms with Gasteiger partial charge in [0.25, 0.3) is 0 Å². The number of benzene rings is 3. The summed E-state index contributed by atoms with van der Waals surface area (Å²) in [5.74, 6) is -0.188. The van der Waals surface area contributed by atoms with Gasteiger partial charge in [-0.15, -0.1) is 0 Å². The zero-order valence-electron chi connectivity index (χ0n) is 23.4. The number of hydrogen-bond acceptors (Lipinski definition) is 9. The van der Waals surface area contributed by atoms with E-state index in [0.717, 1.165) is 0 Å². The number of aromatic nitrogens is 1. The van der Waals surface area contributed by atoms with Crippen LogP contribution in [0.5, 0.6) is 23.0 Å². The van der Waals surface area contributed by atoms with E-state index in [1.54, 1.807) is 36.4 Å². The number of rotatable bonds is 6. The number of ketones is 1. The number of nitrogens with zero attached hydrogens (tertiary/aromatic N) is 1. The Morgan fingerprint density at radius 1 is 1.00 bits per heavy atom. The summed E-state index contributed by atoms with van der Waals surface area (Å²) >= 11 is 6.59. The van der Waals surface area contributed by atoms with Crippen LogP contribution in [0, 0.1) is 11.8 Å². The highest BCUT2D eigenvalue weighted by Crippen LogP contribution is 2.61. The van der Waals surface area contributed by atoms with Gasteiger partial charge in [0.05, 0.1) is 57.4 Å². The minimum Gasteiger partial charge on any atom is -0.496 e. The molecule has 0 radical (unpaired) electrons. The van der Waals surface area contributed by atoms with Crippen LogP contribution in [-0.4, -0.2) is 52.5 Å². The second-order valence-electron chi connectivity index (χ2n) is 10.2. The highest BCUT2D eigenvalue weighted by atomic mass is 35.5. The highest BCUT2D eigenvalue weighted by Gasteiger charge is 2.64. The first kappa shape index (κ1) is 27.0. The normalized spacial score (nSPS) is 20.7. The topological polar surface area (TPSA) is 106 Å². The first-order valence-corrected chi connectivity index (χ1v) is 13.4. The van der Waals surface area contributed by atoms with Crippen molar-refractivity contribution in [2.75, 3.05) is 35.5 Å². The summed E-state index contributed by atoms with van der Waals surface area (Å²) in [6.45, 7) is 1.89. The van der Waals surface area contributed by atoms with Crippen molar-refractivity contribution < 1.29 is 37.8 Å². The van der Waals surface area contributed by atoms with E-state index in [4.69, 9.17) is 39.8 Å². The lowest BCUT2D eigenvalue weighted by atomic mass is 9.52. The Hall–Kier alpha value is -4.24. The molecule has 9 nitrogen and oxygen atoms in total. The number of esters is 1. The number of carbonyl (C=O) groups excluding carboxylic acids is 2. The van der Waals surface area contributed by atoms with E-state index in [9.17, 15) is 4.79 Å². The minimum absolute atomic E-state index is 0.306. The molecule has 2 aliphatic carbocycles. The molecule has 41 heavy (non-hydrogen) atoms. The van der Waals surface area contributed by atoms with Gasteiger partial charge in [0.1, 0.15) is 39.9 Å². The fourth-order valence-electron chi connectivity index (χ4n) is 6.87. The summed E-state index contributed by atoms with van der Waals surface area (Å²) in [6.07, 6.45) is 0.365. The quantitative estimate of drug-likeness (QED) is 0.269. The van der Waals surface area contributed by atoms with Gasteiger partial charge in [-0.2, -0.15) is 0 Å². The van der Waals surface area contributed by atoms with Crippen LogP contribution >= 0.6 is 11.6 Å². The summed E-state index contributed by atoms with van der Waals surface area (Å²) < 4.78 is 34.6. The summed E-state index contributed by atoms with van der Waals surface area (Å²) in [4.78, 5) is 29.0. The molecule has 3 aromatic carbocycles. The van der Waals surface area contributed by atoms with Crippen LogP contribution in [0.15, 0.2) is 40.9 Å². The number of methoxy groups -OCH3 is 5. The molecule has 0 amide bonds. The Bertz CT molecular complexity index is 1740. The SMILES string of the molecule is COC(=O)[C@H]1[C@H](C)Cc2onc3c2[C@@]1(c1cc(OC)c2ccc(Cl)c(OC)c2c1OC)C(=O)c1cccc(OC)c1-3. The third-order valence-electron chi connectivity index (χ3n) is 8.42. The van der Waals surface area contributed by atoms with E-state index >= 15 is 4.79 Å². The Labute approximate surface area is 241 Å². The molecule has 0 fully saturated rings. The fraction of sp³-hybridized carbons (Fsp3) is 0.323. The molecule has 0 saturated heterocycles. The molecule has 0 unspecified atom stereocenters. The van der Waals surface area contributed by atoms with E-state index in [-0.39, 0.29) is 11.7 Å². The Balaban J connectivity index is 1.87. The summed E-state index contributed by atoms with van der Waals surface area (Å²) in [5.41, 5.74) is 0.469. The van der Waals surface area contributed by atoms with Gasteiger partial charge in [-0.3, -0.25) is 9.59 Å². The van der Waals surface area contributed by atoms with Crippen LogP contribution in [0.25, 0.3) is 22.0 Å². The maximum atomic E-state index is 15.2. The van der Waals surface area contributed by atoms with Gasteiger partial charge >= 0.3 is 5.97 Å². The first-order valence-electron chi connectivity index (χ1n) is 13.0. The molecular weight excluding hydrogens is 550 g/mol. The predicted molar refractivity (Wildman–Crippen MR) is 151 cm³/mol. The monoisotopic (exact) mass is 577 g/mol. The van der Waals surface area contributed by atoms with E-state index in [2.05, 4.69) is 5.16 Å². The van der Waals surface area contributed by atoms with Gasteiger partial charge in [-0.05, 0) is 30.2 Å². The lowest BCUT2D eigenvalue weighted by Crippen LogP contribution is -2.55. The van der Waals surface area contributed by atoms with Gasteiger partial charge in [-0.25, -0.2) is 0 Å². The third kappa shape index (κ3) is 3.38. The maximum Gasteiger partial charge on any atom is 0.310 e. The maximum absolute atomic E-state index is 15.2. The minimum atomic E-state index is -1.66. The molecular formula is C31H28ClNO8. The average Bonchev–Trinajstić information content (AvgIpc) is 3.41. The van der Waals surface area contributed by atoms with Crippen molar-refractivity contribution in [1.29, 1.82) is 0 Å². The predicted octanol–water partition coefficient (Wildman–Crippen LogP) is 5.65. The molecule has 1 heterocycles. The van der Waals surface area contributed by atoms with Crippen LogP contribution in [0.2, 0.25) is 5.02 Å². The highest BCUT2D eigenvalue weighted by molar-refractivity contribution is 6.33. The Morgan fingerprint density at radius 3 is 2.39 bits per heavy atom. The molecule has 212 valence electrons. The second-order valence-corrected chi connectivity index (χ2v) is 10.6. The average molecular weight is 578 g/mol. The molecule has 10 heteroatoms. The number of carbonyl (C=O) groups is 2. The van der Waals surface area contributed by atoms with E-state index < -0.39 is 17.3 Å². The lowest BCUT2D eigenvalue weighted by Gasteiger charge is -2.46. The van der Waals surface area contributed by atoms with Crippen LogP contribution in [-0.2, 0) is 21.4 Å². The molecule has 0 aliphatic heterocycles. The zero-order chi connectivity index (χ0) is 29.2. The van der Waals surface area contributed by atoms with Crippen molar-refractivity contribution in [3.05, 3.63) is 63.9 Å². The summed E-state index contributed by atoms with van der Waals surface area (Å²) in [7, 11) is 7.38. The number of halogens is 1. The first-order chi connectivity index (χ1) is 19.8. The van der Waals surface area contributed by atoms with Gasteiger partial charge in [-0.1, -0.05) is 35.8 Å². The Kier molecular flexibility index (Phi) is 6.37. The van der Waals surface area contributed by atoms with E-state index in [1.165, 1.54) is 35.5 Å². The number of Topliss-reactive ketones (excluding diaryl/α,β-unsaturated/α-hetero) is 1. The third-order valence-corrected chi connectivity index (χ3v) is 8.71. The van der Waals surface area contributed by atoms with Gasteiger partial charge in [0.15, 0.2) is 5.78 Å². The van der Waals surface area contributed by atoms with Crippen LogP contribution < -0.4 is 18.9 Å². The molecule has 0 N–H and O–H groups in total. The molecule has 6 rings (SSSR count). The Morgan fingerprint density at radius 2 is 1.73 bits per heavy atom. The smallest absolute Gasteiger partial charge is 0.310 e. The molecule has 0 bridgehead atoms. The lowest BCUT2D eigenvalue weighted by molar-refractivity contribution is -0.149. The molecule has 4 aromatic rings. The van der Waals surface area contributed by atoms with Crippen molar-refractivity contribution >= 4 is 34.1 Å². The van der Waals surface area contributed by atoms with Crippen LogP contribution in [0.3, 0.4) is 0 Å². The molecule has 0 spiro atoms. The van der Waals surface area contributed by atoms with Crippen molar-refractivity contribution in [3.8, 4) is 34.3 Å². The number of ether oxygens (including phenoxy) is 5. The molecule has 0 saturated carbocycles. The molecule has 2 aliphatic rings. The largest absolute Gasteiger partial charge is 0.496 e. The number of hydrogen-bond donors (Lipinski definition) is 0. The van der Waals surface area contributed by atoms with Crippen molar-refractivity contribution in [1.82, 2.24) is 5.16 Å². The van der Waals surface area contributed by atoms with Crippen molar-refractivity contribution in [3.63, 3.8) is 0 Å². The summed E-state index contributed by atoms with van der Waals surface area (Å²) in [5, 5.41) is 5.95. The van der Waals surface area contributed by atoms with Gasteiger partial charge < -0.3 is 28.2 Å². The summed E-state index contributed by atoms with van der Waals surface area (Å²) in [6, 6.07) is 10.4. The fourth-order valence-corrected chi connectivity index (χ4v) is 7.10. The number of fused-ring (bicyclic) bond motifs is 3. The van der Waals surface area contributed by atoms with Crippen LogP contribution in [0.4, 0.5) is 0 Å². The van der Waals surface area contributed by atoms with Crippen LogP contribution in [0.1, 0.15) is 34.2 Å². The van der Waals surface area contributed by atoms with Gasteiger partial charge in [0.2, 0.25) is 0 Å². The standard InChI is InChI=1S/C31H28ClNO8/c1-14-12-21-25-26(33-41-21)22-16(8-7-9-19(22)36-2)29(34)31(25,24(14)30(35)40-6)17-13-20(37-3)15-10-11-18(32)28(39-5)23(15)27(17)38-4/h7-11,13-14,24H,12H2,1-6H3/t14-,24-,31+/m1/s1. The second kappa shape index (κ2) is 9.69. The molecule has 3 atom stereocenters. The molecule has 1 aromatic heterocycles. The van der Waals surface area contributed by atoms with Crippen molar-refractivity contribution in [2.45, 2.75) is 18.8 Å². The zero-order valence-corrected chi connectivity index (χ0v) is 24.2. The van der Waals surface area contributed by atoms with Gasteiger partial charge in [0, 0.05) is 28.5 Å². The van der Waals surface area contributed by atoms with E-state index in [1.807, 2.05) is 6.92 Å². The van der Waals surface area contributed by atoms with E-state index in [0.29, 0.717) is 78.9 Å². The van der Waals surface area contributed by atoms with Crippen molar-refractivity contribution in [2.24, 2.45) is 11.8 Å².